The minimum absolute atomic E-state index is 0.0672. The summed E-state index contributed by atoms with van der Waals surface area (Å²) in [6, 6.07) is 5.27. The number of alkyl halides is 3. The largest absolute Gasteiger partial charge is 0.416 e. The summed E-state index contributed by atoms with van der Waals surface area (Å²) in [5.74, 6) is 0.463. The highest BCUT2D eigenvalue weighted by Crippen LogP contribution is 2.29. The highest BCUT2D eigenvalue weighted by Gasteiger charge is 2.31. The average Bonchev–Trinajstić information content (AvgIpc) is 2.79. The second kappa shape index (κ2) is 6.58. The van der Waals surface area contributed by atoms with Crippen molar-refractivity contribution in [3.63, 3.8) is 0 Å². The first kappa shape index (κ1) is 17.3. The predicted molar refractivity (Wildman–Crippen MR) is 79.5 cm³/mol. The van der Waals surface area contributed by atoms with E-state index in [4.69, 9.17) is 0 Å². The van der Waals surface area contributed by atoms with Gasteiger partial charge in [0, 0.05) is 6.04 Å². The van der Waals surface area contributed by atoms with Crippen LogP contribution in [0.3, 0.4) is 0 Å². The first-order valence-corrected chi connectivity index (χ1v) is 9.06. The van der Waals surface area contributed by atoms with Gasteiger partial charge in [-0.3, -0.25) is 0 Å². The molecule has 124 valence electrons. The lowest BCUT2D eigenvalue weighted by Crippen LogP contribution is -2.33. The van der Waals surface area contributed by atoms with Crippen LogP contribution in [0.4, 0.5) is 13.2 Å². The van der Waals surface area contributed by atoms with E-state index in [0.29, 0.717) is 12.8 Å². The molecule has 22 heavy (non-hydrogen) atoms. The highest BCUT2D eigenvalue weighted by atomic mass is 32.2. The summed E-state index contributed by atoms with van der Waals surface area (Å²) in [5, 5.41) is 0. The molecule has 0 radical (unpaired) electrons. The van der Waals surface area contributed by atoms with Gasteiger partial charge in [-0.05, 0) is 50.6 Å². The van der Waals surface area contributed by atoms with Crippen molar-refractivity contribution in [1.82, 2.24) is 4.90 Å². The van der Waals surface area contributed by atoms with Gasteiger partial charge in [0.2, 0.25) is 0 Å². The third kappa shape index (κ3) is 4.71. The SMILES string of the molecule is CN(CCCc1ccc(C(F)(F)F)cc1)[C@@H]1CCS(=O)(=O)C1. The van der Waals surface area contributed by atoms with Crippen LogP contribution in [0.25, 0.3) is 0 Å². The van der Waals surface area contributed by atoms with Crippen LogP contribution in [0, 0.1) is 0 Å². The fraction of sp³-hybridized carbons (Fsp3) is 0.600. The van der Waals surface area contributed by atoms with Crippen LogP contribution in [0.5, 0.6) is 0 Å². The predicted octanol–water partition coefficient (Wildman–Crippen LogP) is 2.76. The molecule has 0 saturated carbocycles. The summed E-state index contributed by atoms with van der Waals surface area (Å²) in [6.07, 6.45) is -2.16. The Hall–Kier alpha value is -1.08. The molecule has 3 nitrogen and oxygen atoms in total. The van der Waals surface area contributed by atoms with E-state index in [-0.39, 0.29) is 17.5 Å². The maximum atomic E-state index is 12.5. The fourth-order valence-electron chi connectivity index (χ4n) is 2.70. The Morgan fingerprint density at radius 2 is 1.86 bits per heavy atom. The zero-order valence-electron chi connectivity index (χ0n) is 12.4. The summed E-state index contributed by atoms with van der Waals surface area (Å²) in [7, 11) is -0.984. The minimum atomic E-state index is -4.30. The summed E-state index contributed by atoms with van der Waals surface area (Å²) in [5.41, 5.74) is 0.227. The second-order valence-corrected chi connectivity index (χ2v) is 8.06. The van der Waals surface area contributed by atoms with E-state index >= 15 is 0 Å². The van der Waals surface area contributed by atoms with Crippen LogP contribution >= 0.6 is 0 Å². The van der Waals surface area contributed by atoms with Crippen LogP contribution in [-0.2, 0) is 22.4 Å². The van der Waals surface area contributed by atoms with E-state index in [1.807, 2.05) is 11.9 Å². The fourth-order valence-corrected chi connectivity index (χ4v) is 4.50. The van der Waals surface area contributed by atoms with Crippen molar-refractivity contribution in [3.05, 3.63) is 35.4 Å². The summed E-state index contributed by atoms with van der Waals surface area (Å²) < 4.78 is 60.2. The van der Waals surface area contributed by atoms with Crippen molar-refractivity contribution in [2.45, 2.75) is 31.5 Å². The van der Waals surface area contributed by atoms with Crippen molar-refractivity contribution in [3.8, 4) is 0 Å². The van der Waals surface area contributed by atoms with Crippen molar-refractivity contribution in [2.75, 3.05) is 25.1 Å². The molecule has 0 bridgehead atoms. The molecule has 0 aromatic heterocycles. The maximum Gasteiger partial charge on any atom is 0.416 e. The third-order valence-corrected chi connectivity index (χ3v) is 5.84. The van der Waals surface area contributed by atoms with E-state index < -0.39 is 21.6 Å². The molecule has 1 aliphatic heterocycles. The molecule has 0 amide bonds. The number of rotatable bonds is 5. The Labute approximate surface area is 129 Å². The molecule has 1 fully saturated rings. The van der Waals surface area contributed by atoms with Gasteiger partial charge in [-0.25, -0.2) is 8.42 Å². The Bertz CT molecular complexity index is 596. The smallest absolute Gasteiger partial charge is 0.302 e. The lowest BCUT2D eigenvalue weighted by Gasteiger charge is -2.22. The van der Waals surface area contributed by atoms with E-state index in [2.05, 4.69) is 0 Å². The standard InChI is InChI=1S/C15H20F3NO2S/c1-19(14-8-10-22(20,21)11-14)9-2-3-12-4-6-13(7-5-12)15(16,17)18/h4-7,14H,2-3,8-11H2,1H3/t14-/m1/s1. The van der Waals surface area contributed by atoms with Crippen molar-refractivity contribution >= 4 is 9.84 Å². The molecule has 0 spiro atoms. The van der Waals surface area contributed by atoms with Gasteiger partial charge in [-0.15, -0.1) is 0 Å². The molecule has 0 aliphatic carbocycles. The van der Waals surface area contributed by atoms with Gasteiger partial charge >= 0.3 is 6.18 Å². The van der Waals surface area contributed by atoms with Crippen LogP contribution in [0.15, 0.2) is 24.3 Å². The highest BCUT2D eigenvalue weighted by molar-refractivity contribution is 7.91. The number of hydrogen-bond acceptors (Lipinski definition) is 3. The van der Waals surface area contributed by atoms with Crippen LogP contribution < -0.4 is 0 Å². The lowest BCUT2D eigenvalue weighted by atomic mass is 10.1. The Morgan fingerprint density at radius 1 is 1.23 bits per heavy atom. The number of nitrogens with zero attached hydrogens (tertiary/aromatic N) is 1. The number of aryl methyl sites for hydroxylation is 1. The molecule has 1 aromatic rings. The summed E-state index contributed by atoms with van der Waals surface area (Å²) >= 11 is 0. The van der Waals surface area contributed by atoms with E-state index in [0.717, 1.165) is 30.7 Å². The maximum absolute atomic E-state index is 12.5. The average molecular weight is 335 g/mol. The molecule has 7 heteroatoms. The van der Waals surface area contributed by atoms with Gasteiger partial charge in [-0.1, -0.05) is 12.1 Å². The molecular weight excluding hydrogens is 315 g/mol. The normalized spacial score (nSPS) is 21.4. The quantitative estimate of drug-likeness (QED) is 0.830. The van der Waals surface area contributed by atoms with E-state index in [1.54, 1.807) is 0 Å². The molecule has 0 unspecified atom stereocenters. The van der Waals surface area contributed by atoms with Crippen molar-refractivity contribution in [2.24, 2.45) is 0 Å². The topological polar surface area (TPSA) is 37.4 Å². The molecular formula is C15H20F3NO2S. The monoisotopic (exact) mass is 335 g/mol. The summed E-state index contributed by atoms with van der Waals surface area (Å²) in [6.45, 7) is 0.737. The molecule has 1 atom stereocenters. The number of hydrogen-bond donors (Lipinski definition) is 0. The van der Waals surface area contributed by atoms with Gasteiger partial charge < -0.3 is 4.90 Å². The van der Waals surface area contributed by atoms with Gasteiger partial charge in [0.05, 0.1) is 17.1 Å². The van der Waals surface area contributed by atoms with Crippen LogP contribution in [0.2, 0.25) is 0 Å². The Kier molecular flexibility index (Phi) is 5.17. The van der Waals surface area contributed by atoms with Crippen molar-refractivity contribution < 1.29 is 21.6 Å². The van der Waals surface area contributed by atoms with E-state index in [9.17, 15) is 21.6 Å². The molecule has 1 heterocycles. The number of benzene rings is 1. The van der Waals surface area contributed by atoms with E-state index in [1.165, 1.54) is 12.1 Å². The van der Waals surface area contributed by atoms with Crippen LogP contribution in [-0.4, -0.2) is 44.5 Å². The first-order chi connectivity index (χ1) is 10.2. The van der Waals surface area contributed by atoms with Gasteiger partial charge in [-0.2, -0.15) is 13.2 Å². The summed E-state index contributed by atoms with van der Waals surface area (Å²) in [4.78, 5) is 2.04. The van der Waals surface area contributed by atoms with Gasteiger partial charge in [0.25, 0.3) is 0 Å². The van der Waals surface area contributed by atoms with Gasteiger partial charge in [0.15, 0.2) is 9.84 Å². The molecule has 1 aliphatic rings. The molecule has 1 aromatic carbocycles. The zero-order chi connectivity index (χ0) is 16.4. The van der Waals surface area contributed by atoms with Crippen molar-refractivity contribution in [1.29, 1.82) is 0 Å². The molecule has 2 rings (SSSR count). The Balaban J connectivity index is 1.79. The number of sulfone groups is 1. The molecule has 1 saturated heterocycles. The zero-order valence-corrected chi connectivity index (χ0v) is 13.3. The Morgan fingerprint density at radius 3 is 2.36 bits per heavy atom. The lowest BCUT2D eigenvalue weighted by molar-refractivity contribution is -0.137. The first-order valence-electron chi connectivity index (χ1n) is 7.24. The van der Waals surface area contributed by atoms with Crippen LogP contribution in [0.1, 0.15) is 24.0 Å². The second-order valence-electron chi connectivity index (χ2n) is 5.84. The van der Waals surface area contributed by atoms with Gasteiger partial charge in [0.1, 0.15) is 0 Å². The number of halogens is 3. The molecule has 0 N–H and O–H groups in total. The third-order valence-electron chi connectivity index (χ3n) is 4.09. The minimum Gasteiger partial charge on any atom is -0.302 e.